The van der Waals surface area contributed by atoms with Crippen LogP contribution in [0.4, 0.5) is 0 Å². The van der Waals surface area contributed by atoms with Gasteiger partial charge in [-0.25, -0.2) is 0 Å². The zero-order valence-corrected chi connectivity index (χ0v) is 21.3. The van der Waals surface area contributed by atoms with Crippen molar-refractivity contribution in [3.8, 4) is 0 Å². The Balaban J connectivity index is -0.000000493. The summed E-state index contributed by atoms with van der Waals surface area (Å²) in [5.41, 5.74) is 0. The van der Waals surface area contributed by atoms with E-state index in [2.05, 4.69) is 28.1 Å². The third-order valence-corrected chi connectivity index (χ3v) is 4.68. The Bertz CT molecular complexity index is 231. The van der Waals surface area contributed by atoms with Gasteiger partial charge in [0, 0.05) is 0 Å². The molecule has 0 aromatic rings. The van der Waals surface area contributed by atoms with Crippen LogP contribution in [0.25, 0.3) is 0 Å². The van der Waals surface area contributed by atoms with E-state index in [4.69, 9.17) is 0 Å². The Morgan fingerprint density at radius 1 is 0.481 bits per heavy atom. The zero-order valence-electron chi connectivity index (χ0n) is 19.8. The van der Waals surface area contributed by atoms with Gasteiger partial charge < -0.3 is 34.6 Å². The van der Waals surface area contributed by atoms with Crippen molar-refractivity contribution in [1.29, 1.82) is 0 Å². The molecule has 0 aromatic carbocycles. The number of unbranched alkanes of at least 4 members (excludes halogenated alkanes) is 15. The number of hydrogen-bond donors (Lipinski definition) is 1. The summed E-state index contributed by atoms with van der Waals surface area (Å²) in [6, 6.07) is 0. The Hall–Kier alpha value is 0.500. The largest absolute Gasteiger partial charge is 1.00 e. The van der Waals surface area contributed by atoms with Gasteiger partial charge in [0.05, 0.1) is 41.8 Å². The molecular weight excluding hydrogens is 375 g/mol. The van der Waals surface area contributed by atoms with Crippen molar-refractivity contribution >= 4 is 0 Å². The van der Waals surface area contributed by atoms with E-state index in [1.807, 2.05) is 19.4 Å². The summed E-state index contributed by atoms with van der Waals surface area (Å²) in [5.74, 6) is 0. The molecule has 0 unspecified atom stereocenters. The minimum absolute atomic E-state index is 0. The van der Waals surface area contributed by atoms with Gasteiger partial charge in [-0.15, -0.1) is 0 Å². The average Bonchev–Trinajstić information content (AvgIpc) is 2.54. The van der Waals surface area contributed by atoms with Crippen LogP contribution in [0.1, 0.15) is 110 Å². The van der Waals surface area contributed by atoms with Crippen LogP contribution in [0.2, 0.25) is 0 Å². The van der Waals surface area contributed by atoms with Crippen LogP contribution >= 0.6 is 0 Å². The lowest BCUT2D eigenvalue weighted by molar-refractivity contribution is -0.870. The van der Waals surface area contributed by atoms with Crippen molar-refractivity contribution < 1.29 is 34.6 Å². The summed E-state index contributed by atoms with van der Waals surface area (Å²) >= 11 is 0. The average molecular weight is 430 g/mol. The van der Waals surface area contributed by atoms with Crippen LogP contribution in [0.5, 0.6) is 0 Å². The van der Waals surface area contributed by atoms with Crippen molar-refractivity contribution in [2.75, 3.05) is 41.8 Å². The first-order valence-electron chi connectivity index (χ1n) is 11.5. The molecule has 0 bridgehead atoms. The topological polar surface area (TPSA) is 16.6 Å². The van der Waals surface area contributed by atoms with Gasteiger partial charge in [-0.2, -0.15) is 0 Å². The summed E-state index contributed by atoms with van der Waals surface area (Å²) < 4.78 is 1.12. The SMILES string of the molecule is CCCCCCCCCCCCCCCCCC[N+](C)(C)C.C[NH2+]C.[Cl-].[Cl-]. The molecule has 0 spiro atoms. The molecule has 0 rings (SSSR count). The van der Waals surface area contributed by atoms with Crippen LogP contribution in [-0.4, -0.2) is 46.3 Å². The normalized spacial score (nSPS) is 10.4. The number of halogens is 2. The molecule has 0 aliphatic carbocycles. The number of rotatable bonds is 17. The second-order valence-electron chi connectivity index (χ2n) is 8.89. The molecule has 0 aliphatic heterocycles. The maximum atomic E-state index is 2.30. The molecule has 0 fully saturated rings. The summed E-state index contributed by atoms with van der Waals surface area (Å²) in [6.07, 6.45) is 23.4. The minimum atomic E-state index is 0. The van der Waals surface area contributed by atoms with Gasteiger partial charge in [0.25, 0.3) is 0 Å². The Morgan fingerprint density at radius 2 is 0.704 bits per heavy atom. The molecule has 0 radical (unpaired) electrons. The highest BCUT2D eigenvalue weighted by Gasteiger charge is 2.04. The van der Waals surface area contributed by atoms with Gasteiger partial charge >= 0.3 is 0 Å². The molecule has 0 atom stereocenters. The third-order valence-electron chi connectivity index (χ3n) is 4.68. The van der Waals surface area contributed by atoms with Gasteiger partial charge in [0.1, 0.15) is 0 Å². The number of hydrogen-bond acceptors (Lipinski definition) is 0. The predicted molar refractivity (Wildman–Crippen MR) is 116 cm³/mol. The molecule has 0 heterocycles. The molecule has 170 valence electrons. The van der Waals surface area contributed by atoms with E-state index in [0.717, 1.165) is 4.48 Å². The van der Waals surface area contributed by atoms with Crippen LogP contribution in [0, 0.1) is 0 Å². The van der Waals surface area contributed by atoms with E-state index in [-0.39, 0.29) is 24.8 Å². The molecule has 0 saturated carbocycles. The molecule has 0 saturated heterocycles. The maximum absolute atomic E-state index is 2.30. The highest BCUT2D eigenvalue weighted by atomic mass is 35.5. The second kappa shape index (κ2) is 28.7. The monoisotopic (exact) mass is 428 g/mol. The first kappa shape index (κ1) is 35.0. The van der Waals surface area contributed by atoms with Gasteiger partial charge in [-0.3, -0.25) is 0 Å². The number of nitrogens with two attached hydrogens (primary N) is 1. The van der Waals surface area contributed by atoms with Gasteiger partial charge in [-0.1, -0.05) is 96.8 Å². The Labute approximate surface area is 186 Å². The van der Waals surface area contributed by atoms with E-state index in [9.17, 15) is 0 Å². The maximum Gasteiger partial charge on any atom is 0.0780 e. The molecule has 0 amide bonds. The van der Waals surface area contributed by atoms with Crippen molar-refractivity contribution in [1.82, 2.24) is 0 Å². The summed E-state index contributed by atoms with van der Waals surface area (Å²) in [7, 11) is 10.9. The van der Waals surface area contributed by atoms with E-state index in [1.165, 1.54) is 109 Å². The van der Waals surface area contributed by atoms with Crippen LogP contribution in [-0.2, 0) is 0 Å². The zero-order chi connectivity index (χ0) is 19.2. The number of quaternary nitrogens is 2. The Kier molecular flexibility index (Phi) is 37.2. The fourth-order valence-electron chi connectivity index (χ4n) is 3.13. The fraction of sp³-hybridized carbons (Fsp3) is 1.00. The van der Waals surface area contributed by atoms with Gasteiger partial charge in [0.15, 0.2) is 0 Å². The first-order chi connectivity index (χ1) is 12.0. The molecular formula is C23H54Cl2N2. The summed E-state index contributed by atoms with van der Waals surface area (Å²) in [4.78, 5) is 0. The first-order valence-corrected chi connectivity index (χ1v) is 11.5. The highest BCUT2D eigenvalue weighted by molar-refractivity contribution is 4.49. The van der Waals surface area contributed by atoms with E-state index < -0.39 is 0 Å². The third kappa shape index (κ3) is 41.8. The predicted octanol–water partition coefficient (Wildman–Crippen LogP) is -0.228. The van der Waals surface area contributed by atoms with E-state index in [0.29, 0.717) is 0 Å². The fourth-order valence-corrected chi connectivity index (χ4v) is 3.13. The lowest BCUT2D eigenvalue weighted by Crippen LogP contribution is -3.00. The lowest BCUT2D eigenvalue weighted by Gasteiger charge is -2.23. The lowest BCUT2D eigenvalue weighted by atomic mass is 10.0. The molecule has 4 heteroatoms. The van der Waals surface area contributed by atoms with Crippen molar-refractivity contribution in [2.45, 2.75) is 110 Å². The Morgan fingerprint density at radius 3 is 0.926 bits per heavy atom. The van der Waals surface area contributed by atoms with Gasteiger partial charge in [0.2, 0.25) is 0 Å². The number of nitrogens with zero attached hydrogens (tertiary/aromatic N) is 1. The quantitative estimate of drug-likeness (QED) is 0.243. The van der Waals surface area contributed by atoms with Crippen LogP contribution in [0.15, 0.2) is 0 Å². The van der Waals surface area contributed by atoms with Crippen LogP contribution < -0.4 is 30.1 Å². The van der Waals surface area contributed by atoms with E-state index in [1.54, 1.807) is 0 Å². The molecule has 27 heavy (non-hydrogen) atoms. The smallest absolute Gasteiger partial charge is 0.0780 e. The van der Waals surface area contributed by atoms with Crippen molar-refractivity contribution in [2.24, 2.45) is 0 Å². The standard InChI is InChI=1S/C21H46N.C2H7N.2ClH/c1-5-6-7-8-9-10-11-12-13-14-15-16-17-18-19-20-21-22(2,3)4;1-3-2;;/h5-21H2,1-4H3;3H,1-2H3;2*1H/q+1;;;/p-1. The van der Waals surface area contributed by atoms with Crippen molar-refractivity contribution in [3.05, 3.63) is 0 Å². The van der Waals surface area contributed by atoms with E-state index >= 15 is 0 Å². The molecule has 2 nitrogen and oxygen atoms in total. The summed E-state index contributed by atoms with van der Waals surface area (Å²) in [5, 5.41) is 2.00. The molecule has 0 aliphatic rings. The van der Waals surface area contributed by atoms with Crippen LogP contribution in [0.3, 0.4) is 0 Å². The molecule has 0 aromatic heterocycles. The second-order valence-corrected chi connectivity index (χ2v) is 8.89. The highest BCUT2D eigenvalue weighted by Crippen LogP contribution is 2.13. The van der Waals surface area contributed by atoms with Crippen molar-refractivity contribution in [3.63, 3.8) is 0 Å². The minimum Gasteiger partial charge on any atom is -1.00 e. The molecule has 2 N–H and O–H groups in total. The summed E-state index contributed by atoms with van der Waals surface area (Å²) in [6.45, 7) is 3.63. The van der Waals surface area contributed by atoms with Gasteiger partial charge in [-0.05, 0) is 12.8 Å².